The number of hydrogen-bond acceptors (Lipinski definition) is 2. The number of aryl methyl sites for hydroxylation is 3. The van der Waals surface area contributed by atoms with Crippen molar-refractivity contribution in [3.05, 3.63) is 57.3 Å². The Balaban J connectivity index is 1.74. The van der Waals surface area contributed by atoms with E-state index in [9.17, 15) is 0 Å². The number of thiophene rings is 1. The molecule has 0 aliphatic carbocycles. The molecular weight excluding hydrogens is 250 g/mol. The molecule has 1 aromatic carbocycles. The minimum atomic E-state index is 0.558. The second-order valence-electron chi connectivity index (χ2n) is 5.32. The molecule has 2 rings (SSSR count). The van der Waals surface area contributed by atoms with E-state index in [0.29, 0.717) is 6.04 Å². The molecule has 0 amide bonds. The van der Waals surface area contributed by atoms with Crippen LogP contribution < -0.4 is 5.32 Å². The van der Waals surface area contributed by atoms with Gasteiger partial charge in [-0.3, -0.25) is 0 Å². The summed E-state index contributed by atoms with van der Waals surface area (Å²) in [7, 11) is 0. The highest BCUT2D eigenvalue weighted by Gasteiger charge is 2.03. The van der Waals surface area contributed by atoms with Crippen LogP contribution in [0, 0.1) is 13.8 Å². The first-order valence-corrected chi connectivity index (χ1v) is 7.79. The first-order valence-electron chi connectivity index (χ1n) is 6.98. The van der Waals surface area contributed by atoms with Crippen molar-refractivity contribution in [1.29, 1.82) is 0 Å². The molecule has 1 aromatic heterocycles. The summed E-state index contributed by atoms with van der Waals surface area (Å²) in [5.74, 6) is 0. The summed E-state index contributed by atoms with van der Waals surface area (Å²) < 4.78 is 0. The van der Waals surface area contributed by atoms with Gasteiger partial charge < -0.3 is 5.32 Å². The zero-order chi connectivity index (χ0) is 13.7. The molecule has 0 radical (unpaired) electrons. The van der Waals surface area contributed by atoms with Crippen LogP contribution in [0.15, 0.2) is 36.4 Å². The largest absolute Gasteiger partial charge is 0.309 e. The van der Waals surface area contributed by atoms with Crippen LogP contribution in [-0.4, -0.2) is 6.04 Å². The SMILES string of the molecule is Cc1cccc(CCC(C)NCc2ccc(C)s2)c1. The topological polar surface area (TPSA) is 12.0 Å². The summed E-state index contributed by atoms with van der Waals surface area (Å²) in [6, 6.07) is 13.8. The van der Waals surface area contributed by atoms with Crippen LogP contribution in [0.4, 0.5) is 0 Å². The third-order valence-electron chi connectivity index (χ3n) is 3.37. The Hall–Kier alpha value is -1.12. The molecule has 2 heteroatoms. The van der Waals surface area contributed by atoms with Crippen LogP contribution in [0.1, 0.15) is 34.2 Å². The van der Waals surface area contributed by atoms with Crippen LogP contribution in [-0.2, 0) is 13.0 Å². The van der Waals surface area contributed by atoms with Crippen molar-refractivity contribution in [2.45, 2.75) is 46.2 Å². The molecule has 1 atom stereocenters. The molecule has 0 spiro atoms. The molecule has 0 bridgehead atoms. The lowest BCUT2D eigenvalue weighted by Gasteiger charge is -2.13. The molecule has 1 nitrogen and oxygen atoms in total. The van der Waals surface area contributed by atoms with Gasteiger partial charge in [-0.1, -0.05) is 29.8 Å². The molecule has 1 N–H and O–H groups in total. The number of benzene rings is 1. The normalized spacial score (nSPS) is 12.6. The quantitative estimate of drug-likeness (QED) is 0.818. The molecule has 0 aliphatic rings. The third-order valence-corrected chi connectivity index (χ3v) is 4.37. The van der Waals surface area contributed by atoms with E-state index < -0.39 is 0 Å². The van der Waals surface area contributed by atoms with Gasteiger partial charge in [-0.15, -0.1) is 11.3 Å². The maximum Gasteiger partial charge on any atom is 0.0302 e. The van der Waals surface area contributed by atoms with E-state index in [-0.39, 0.29) is 0 Å². The predicted molar refractivity (Wildman–Crippen MR) is 84.9 cm³/mol. The Morgan fingerprint density at radius 1 is 1.16 bits per heavy atom. The Labute approximate surface area is 120 Å². The van der Waals surface area contributed by atoms with Gasteiger partial charge in [0.15, 0.2) is 0 Å². The summed E-state index contributed by atoms with van der Waals surface area (Å²) in [6.07, 6.45) is 2.34. The van der Waals surface area contributed by atoms with Crippen molar-refractivity contribution in [3.8, 4) is 0 Å². The summed E-state index contributed by atoms with van der Waals surface area (Å²) in [4.78, 5) is 2.82. The third kappa shape index (κ3) is 4.81. The maximum atomic E-state index is 3.61. The van der Waals surface area contributed by atoms with Crippen molar-refractivity contribution in [2.24, 2.45) is 0 Å². The zero-order valence-corrected chi connectivity index (χ0v) is 12.9. The summed E-state index contributed by atoms with van der Waals surface area (Å²) in [6.45, 7) is 7.59. The summed E-state index contributed by atoms with van der Waals surface area (Å²) >= 11 is 1.88. The average Bonchev–Trinajstić information content (AvgIpc) is 2.80. The molecule has 1 heterocycles. The Bertz CT molecular complexity index is 515. The predicted octanol–water partition coefficient (Wildman–Crippen LogP) is 4.48. The van der Waals surface area contributed by atoms with E-state index in [2.05, 4.69) is 62.5 Å². The fourth-order valence-electron chi connectivity index (χ4n) is 2.21. The van der Waals surface area contributed by atoms with Crippen molar-refractivity contribution in [3.63, 3.8) is 0 Å². The van der Waals surface area contributed by atoms with E-state index in [0.717, 1.165) is 13.0 Å². The molecule has 19 heavy (non-hydrogen) atoms. The first kappa shape index (κ1) is 14.3. The van der Waals surface area contributed by atoms with Gasteiger partial charge in [-0.25, -0.2) is 0 Å². The molecule has 0 saturated carbocycles. The molecule has 0 aliphatic heterocycles. The second kappa shape index (κ2) is 6.88. The van der Waals surface area contributed by atoms with E-state index in [1.54, 1.807) is 0 Å². The molecule has 0 saturated heterocycles. The van der Waals surface area contributed by atoms with Crippen molar-refractivity contribution >= 4 is 11.3 Å². The van der Waals surface area contributed by atoms with Gasteiger partial charge in [0.25, 0.3) is 0 Å². The Morgan fingerprint density at radius 3 is 2.68 bits per heavy atom. The van der Waals surface area contributed by atoms with Gasteiger partial charge in [0.1, 0.15) is 0 Å². The Morgan fingerprint density at radius 2 is 2.00 bits per heavy atom. The van der Waals surface area contributed by atoms with E-state index in [1.165, 1.54) is 27.3 Å². The monoisotopic (exact) mass is 273 g/mol. The first-order chi connectivity index (χ1) is 9.13. The second-order valence-corrected chi connectivity index (χ2v) is 6.69. The lowest BCUT2D eigenvalue weighted by Crippen LogP contribution is -2.25. The van der Waals surface area contributed by atoms with Gasteiger partial charge >= 0.3 is 0 Å². The summed E-state index contributed by atoms with van der Waals surface area (Å²) in [5.41, 5.74) is 2.80. The van der Waals surface area contributed by atoms with Gasteiger partial charge in [-0.2, -0.15) is 0 Å². The average molecular weight is 273 g/mol. The van der Waals surface area contributed by atoms with Crippen molar-refractivity contribution < 1.29 is 0 Å². The maximum absolute atomic E-state index is 3.61. The number of nitrogens with one attached hydrogen (secondary N) is 1. The van der Waals surface area contributed by atoms with Gasteiger partial charge in [0.05, 0.1) is 0 Å². The summed E-state index contributed by atoms with van der Waals surface area (Å²) in [5, 5.41) is 3.61. The van der Waals surface area contributed by atoms with Crippen LogP contribution in [0.3, 0.4) is 0 Å². The lowest BCUT2D eigenvalue weighted by atomic mass is 10.0. The highest BCUT2D eigenvalue weighted by molar-refractivity contribution is 7.11. The van der Waals surface area contributed by atoms with E-state index in [4.69, 9.17) is 0 Å². The smallest absolute Gasteiger partial charge is 0.0302 e. The minimum absolute atomic E-state index is 0.558. The molecule has 1 unspecified atom stereocenters. The van der Waals surface area contributed by atoms with Crippen LogP contribution >= 0.6 is 11.3 Å². The standard InChI is InChI=1S/C17H23NS/c1-13-5-4-6-16(11-13)9-7-14(2)18-12-17-10-8-15(3)19-17/h4-6,8,10-11,14,18H,7,9,12H2,1-3H3. The van der Waals surface area contributed by atoms with Crippen molar-refractivity contribution in [2.75, 3.05) is 0 Å². The van der Waals surface area contributed by atoms with E-state index >= 15 is 0 Å². The Kier molecular flexibility index (Phi) is 5.17. The highest BCUT2D eigenvalue weighted by Crippen LogP contribution is 2.15. The lowest BCUT2D eigenvalue weighted by molar-refractivity contribution is 0.516. The molecule has 102 valence electrons. The van der Waals surface area contributed by atoms with Crippen LogP contribution in [0.5, 0.6) is 0 Å². The van der Waals surface area contributed by atoms with Crippen LogP contribution in [0.25, 0.3) is 0 Å². The van der Waals surface area contributed by atoms with E-state index in [1.807, 2.05) is 11.3 Å². The molecule has 2 aromatic rings. The number of rotatable bonds is 6. The zero-order valence-electron chi connectivity index (χ0n) is 12.1. The van der Waals surface area contributed by atoms with Crippen molar-refractivity contribution in [1.82, 2.24) is 5.32 Å². The van der Waals surface area contributed by atoms with Gasteiger partial charge in [-0.05, 0) is 51.3 Å². The highest BCUT2D eigenvalue weighted by atomic mass is 32.1. The molecule has 0 fully saturated rings. The fraction of sp³-hybridized carbons (Fsp3) is 0.412. The van der Waals surface area contributed by atoms with Gasteiger partial charge in [0, 0.05) is 22.3 Å². The fourth-order valence-corrected chi connectivity index (χ4v) is 3.05. The van der Waals surface area contributed by atoms with Crippen LogP contribution in [0.2, 0.25) is 0 Å². The van der Waals surface area contributed by atoms with Gasteiger partial charge in [0.2, 0.25) is 0 Å². The number of hydrogen-bond donors (Lipinski definition) is 1. The minimum Gasteiger partial charge on any atom is -0.309 e. The molecular formula is C17H23NS.